The maximum absolute atomic E-state index is 12.8. The normalized spacial score (nSPS) is 21.0. The van der Waals surface area contributed by atoms with Crippen molar-refractivity contribution in [3.63, 3.8) is 0 Å². The number of ether oxygens (including phenoxy) is 1. The van der Waals surface area contributed by atoms with Gasteiger partial charge >= 0.3 is 5.97 Å². The third kappa shape index (κ3) is 4.31. The Morgan fingerprint density at radius 2 is 1.93 bits per heavy atom. The second kappa shape index (κ2) is 9.33. The van der Waals surface area contributed by atoms with Gasteiger partial charge in [-0.15, -0.1) is 0 Å². The van der Waals surface area contributed by atoms with Crippen LogP contribution in [0.25, 0.3) is 11.0 Å². The number of fused-ring (bicyclic) bond motifs is 1. The van der Waals surface area contributed by atoms with Crippen molar-refractivity contribution in [2.75, 3.05) is 44.2 Å². The quantitative estimate of drug-likeness (QED) is 0.699. The van der Waals surface area contributed by atoms with Gasteiger partial charge in [0.2, 0.25) is 0 Å². The number of aromatic nitrogens is 3. The molecule has 7 heteroatoms. The molecule has 0 aliphatic carbocycles. The van der Waals surface area contributed by atoms with E-state index in [0.717, 1.165) is 48.5 Å². The van der Waals surface area contributed by atoms with Crippen LogP contribution in [-0.4, -0.2) is 65.0 Å². The summed E-state index contributed by atoms with van der Waals surface area (Å²) in [5.41, 5.74) is 3.27. The van der Waals surface area contributed by atoms with Crippen LogP contribution in [0.3, 0.4) is 0 Å². The van der Waals surface area contributed by atoms with Gasteiger partial charge in [-0.05, 0) is 58.5 Å². The zero-order chi connectivity index (χ0) is 21.1. The van der Waals surface area contributed by atoms with Crippen molar-refractivity contribution >= 4 is 22.7 Å². The Labute approximate surface area is 179 Å². The maximum Gasteiger partial charge on any atom is 0.341 e. The highest BCUT2D eigenvalue weighted by molar-refractivity contribution is 6.05. The van der Waals surface area contributed by atoms with Gasteiger partial charge in [0.05, 0.1) is 23.4 Å². The van der Waals surface area contributed by atoms with Gasteiger partial charge in [0, 0.05) is 32.9 Å². The lowest BCUT2D eigenvalue weighted by Gasteiger charge is -2.37. The number of anilines is 1. The average molecular weight is 414 g/mol. The molecule has 164 valence electrons. The van der Waals surface area contributed by atoms with E-state index in [1.165, 1.54) is 45.2 Å². The SMILES string of the molecule is CCOC(=O)c1cnc2c(c(C)nn2C)c1N1CCCC(CN2CCCCCC2)C1. The minimum atomic E-state index is -0.292. The van der Waals surface area contributed by atoms with Crippen LogP contribution in [0, 0.1) is 12.8 Å². The highest BCUT2D eigenvalue weighted by atomic mass is 16.5. The summed E-state index contributed by atoms with van der Waals surface area (Å²) < 4.78 is 7.18. The van der Waals surface area contributed by atoms with E-state index < -0.39 is 0 Å². The first-order valence-electron chi connectivity index (χ1n) is 11.5. The number of likely N-dealkylation sites (tertiary alicyclic amines) is 1. The van der Waals surface area contributed by atoms with Crippen LogP contribution in [-0.2, 0) is 11.8 Å². The summed E-state index contributed by atoms with van der Waals surface area (Å²) in [6, 6.07) is 0. The number of rotatable bonds is 5. The fourth-order valence-electron chi connectivity index (χ4n) is 5.18. The molecule has 2 aliphatic heterocycles. The number of pyridine rings is 1. The van der Waals surface area contributed by atoms with Crippen molar-refractivity contribution in [3.8, 4) is 0 Å². The molecule has 2 fully saturated rings. The van der Waals surface area contributed by atoms with Crippen molar-refractivity contribution in [1.82, 2.24) is 19.7 Å². The molecule has 1 atom stereocenters. The van der Waals surface area contributed by atoms with Crippen LogP contribution in [0.5, 0.6) is 0 Å². The first-order chi connectivity index (χ1) is 14.6. The summed E-state index contributed by atoms with van der Waals surface area (Å²) in [5.74, 6) is 0.326. The molecule has 0 aromatic carbocycles. The molecule has 2 aromatic heterocycles. The average Bonchev–Trinajstić information content (AvgIpc) is 2.89. The van der Waals surface area contributed by atoms with Gasteiger partial charge in [-0.2, -0.15) is 5.10 Å². The molecule has 4 heterocycles. The third-order valence-corrected chi connectivity index (χ3v) is 6.55. The van der Waals surface area contributed by atoms with Crippen LogP contribution in [0.15, 0.2) is 6.20 Å². The van der Waals surface area contributed by atoms with Gasteiger partial charge < -0.3 is 14.5 Å². The Balaban J connectivity index is 1.64. The van der Waals surface area contributed by atoms with Gasteiger partial charge in [0.1, 0.15) is 5.56 Å². The highest BCUT2D eigenvalue weighted by Crippen LogP contribution is 2.35. The minimum absolute atomic E-state index is 0.292. The van der Waals surface area contributed by atoms with Crippen LogP contribution >= 0.6 is 0 Å². The molecule has 2 aromatic rings. The summed E-state index contributed by atoms with van der Waals surface area (Å²) in [4.78, 5) is 22.4. The fraction of sp³-hybridized carbons (Fsp3) is 0.696. The van der Waals surface area contributed by atoms with E-state index in [4.69, 9.17) is 4.74 Å². The summed E-state index contributed by atoms with van der Waals surface area (Å²) in [6.07, 6.45) is 9.45. The standard InChI is InChI=1S/C23H35N5O2/c1-4-30-23(29)19-14-24-22-20(17(2)25-26(22)3)21(19)28-13-9-10-18(16-28)15-27-11-7-5-6-8-12-27/h14,18H,4-13,15-16H2,1-3H3. The summed E-state index contributed by atoms with van der Waals surface area (Å²) in [5, 5.41) is 5.57. The van der Waals surface area contributed by atoms with E-state index in [9.17, 15) is 4.79 Å². The second-order valence-electron chi connectivity index (χ2n) is 8.82. The van der Waals surface area contributed by atoms with Crippen LogP contribution in [0.1, 0.15) is 61.5 Å². The Morgan fingerprint density at radius 3 is 2.67 bits per heavy atom. The number of hydrogen-bond donors (Lipinski definition) is 0. The van der Waals surface area contributed by atoms with Gasteiger partial charge in [-0.25, -0.2) is 9.78 Å². The van der Waals surface area contributed by atoms with Crippen LogP contribution < -0.4 is 4.90 Å². The zero-order valence-electron chi connectivity index (χ0n) is 18.7. The molecule has 0 N–H and O–H groups in total. The number of carbonyl (C=O) groups excluding carboxylic acids is 1. The van der Waals surface area contributed by atoms with E-state index in [-0.39, 0.29) is 5.97 Å². The predicted molar refractivity (Wildman–Crippen MR) is 119 cm³/mol. The topological polar surface area (TPSA) is 63.5 Å². The molecule has 4 rings (SSSR count). The molecule has 0 radical (unpaired) electrons. The van der Waals surface area contributed by atoms with E-state index in [1.807, 2.05) is 25.6 Å². The van der Waals surface area contributed by atoms with Crippen molar-refractivity contribution in [2.24, 2.45) is 13.0 Å². The Bertz CT molecular complexity index is 885. The Morgan fingerprint density at radius 1 is 1.17 bits per heavy atom. The van der Waals surface area contributed by atoms with Gasteiger partial charge in [-0.3, -0.25) is 4.68 Å². The molecule has 0 spiro atoms. The lowest BCUT2D eigenvalue weighted by molar-refractivity contribution is 0.0526. The Hall–Kier alpha value is -2.15. The lowest BCUT2D eigenvalue weighted by atomic mass is 9.95. The first-order valence-corrected chi connectivity index (χ1v) is 11.5. The van der Waals surface area contributed by atoms with Gasteiger partial charge in [0.25, 0.3) is 0 Å². The maximum atomic E-state index is 12.8. The molecule has 30 heavy (non-hydrogen) atoms. The van der Waals surface area contributed by atoms with Crippen molar-refractivity contribution in [2.45, 2.75) is 52.4 Å². The molecule has 0 saturated carbocycles. The fourth-order valence-corrected chi connectivity index (χ4v) is 5.18. The number of carbonyl (C=O) groups is 1. The predicted octanol–water partition coefficient (Wildman–Crippen LogP) is 3.55. The number of hydrogen-bond acceptors (Lipinski definition) is 6. The molecule has 2 aliphatic rings. The minimum Gasteiger partial charge on any atom is -0.462 e. The summed E-state index contributed by atoms with van der Waals surface area (Å²) >= 11 is 0. The van der Waals surface area contributed by atoms with E-state index in [0.29, 0.717) is 18.1 Å². The number of aryl methyl sites for hydroxylation is 2. The third-order valence-electron chi connectivity index (χ3n) is 6.55. The van der Waals surface area contributed by atoms with E-state index in [1.54, 1.807) is 6.20 Å². The largest absolute Gasteiger partial charge is 0.462 e. The molecule has 1 unspecified atom stereocenters. The summed E-state index contributed by atoms with van der Waals surface area (Å²) in [6.45, 7) is 9.74. The van der Waals surface area contributed by atoms with Crippen LogP contribution in [0.2, 0.25) is 0 Å². The zero-order valence-corrected chi connectivity index (χ0v) is 18.7. The lowest BCUT2D eigenvalue weighted by Crippen LogP contribution is -2.42. The highest BCUT2D eigenvalue weighted by Gasteiger charge is 2.29. The molecule has 0 bridgehead atoms. The van der Waals surface area contributed by atoms with E-state index >= 15 is 0 Å². The molecular weight excluding hydrogens is 378 g/mol. The van der Waals surface area contributed by atoms with Gasteiger partial charge in [-0.1, -0.05) is 12.8 Å². The number of esters is 1. The molecular formula is C23H35N5O2. The monoisotopic (exact) mass is 413 g/mol. The van der Waals surface area contributed by atoms with Crippen molar-refractivity contribution in [3.05, 3.63) is 17.5 Å². The molecule has 0 amide bonds. The number of piperidine rings is 1. The Kier molecular flexibility index (Phi) is 6.56. The van der Waals surface area contributed by atoms with Crippen molar-refractivity contribution in [1.29, 1.82) is 0 Å². The number of nitrogens with zero attached hydrogens (tertiary/aromatic N) is 5. The molecule has 2 saturated heterocycles. The van der Waals surface area contributed by atoms with Crippen LogP contribution in [0.4, 0.5) is 5.69 Å². The first kappa shape index (κ1) is 21.1. The smallest absolute Gasteiger partial charge is 0.341 e. The second-order valence-corrected chi connectivity index (χ2v) is 8.82. The summed E-state index contributed by atoms with van der Waals surface area (Å²) in [7, 11) is 1.91. The van der Waals surface area contributed by atoms with Crippen molar-refractivity contribution < 1.29 is 9.53 Å². The molecule has 7 nitrogen and oxygen atoms in total. The van der Waals surface area contributed by atoms with E-state index in [2.05, 4.69) is 19.9 Å². The van der Waals surface area contributed by atoms with Gasteiger partial charge in [0.15, 0.2) is 5.65 Å².